The summed E-state index contributed by atoms with van der Waals surface area (Å²) in [5.74, 6) is -1.51. The molecule has 1 N–H and O–H groups in total. The smallest absolute Gasteiger partial charge is 0.273 e. The Morgan fingerprint density at radius 3 is 2.29 bits per heavy atom. The number of benzene rings is 3. The number of carbonyl (C=O) groups excluding carboxylic acids is 3. The normalized spacial score (nSPS) is 15.1. The van der Waals surface area contributed by atoms with E-state index in [0.717, 1.165) is 31.6 Å². The van der Waals surface area contributed by atoms with E-state index in [4.69, 9.17) is 23.2 Å². The predicted octanol–water partition coefficient (Wildman–Crippen LogP) is 6.63. The second-order valence-electron chi connectivity index (χ2n) is 8.07. The second-order valence-corrected chi connectivity index (χ2v) is 9.80. The lowest BCUT2D eigenvalue weighted by atomic mass is 9.95. The third-order valence-electron chi connectivity index (χ3n) is 5.35. The average molecular weight is 558 g/mol. The van der Waals surface area contributed by atoms with Crippen molar-refractivity contribution >= 4 is 68.7 Å². The van der Waals surface area contributed by atoms with Crippen LogP contribution in [0.5, 0.6) is 0 Å². The highest BCUT2D eigenvalue weighted by Crippen LogP contribution is 2.30. The number of nitrogens with zero attached hydrogens (tertiary/aromatic N) is 1. The minimum absolute atomic E-state index is 0.162. The van der Waals surface area contributed by atoms with Crippen molar-refractivity contribution in [2.75, 3.05) is 4.90 Å². The van der Waals surface area contributed by atoms with Crippen molar-refractivity contribution in [1.29, 1.82) is 0 Å². The SMILES string of the molecule is Cc1cc(C)cc(Cc2ccc(Br)cc2/C=C2\C(=O)NC(=O)N(c3ccc(Cl)c(Cl)c3)C2=O)c1. The van der Waals surface area contributed by atoms with Gasteiger partial charge in [-0.3, -0.25) is 14.9 Å². The number of imide groups is 2. The number of carbonyl (C=O) groups is 3. The molecule has 8 heteroatoms. The van der Waals surface area contributed by atoms with Crippen LogP contribution >= 0.6 is 39.1 Å². The lowest BCUT2D eigenvalue weighted by molar-refractivity contribution is -0.122. The van der Waals surface area contributed by atoms with Gasteiger partial charge >= 0.3 is 6.03 Å². The molecule has 1 aliphatic rings. The van der Waals surface area contributed by atoms with Gasteiger partial charge in [0.2, 0.25) is 0 Å². The van der Waals surface area contributed by atoms with Gasteiger partial charge in [0.25, 0.3) is 11.8 Å². The number of amides is 4. The average Bonchev–Trinajstić information content (AvgIpc) is 2.74. The number of rotatable bonds is 4. The van der Waals surface area contributed by atoms with E-state index in [1.165, 1.54) is 24.3 Å². The standard InChI is InChI=1S/C26H19BrCl2N2O3/c1-14-7-15(2)9-16(8-14)10-17-3-4-19(27)11-18(17)12-21-24(32)30-26(34)31(25(21)33)20-5-6-22(28)23(29)13-20/h3-9,11-13H,10H2,1-2H3,(H,30,32,34)/b21-12+. The van der Waals surface area contributed by atoms with Gasteiger partial charge < -0.3 is 0 Å². The van der Waals surface area contributed by atoms with Crippen molar-refractivity contribution < 1.29 is 14.4 Å². The zero-order valence-corrected chi connectivity index (χ0v) is 21.4. The predicted molar refractivity (Wildman–Crippen MR) is 138 cm³/mol. The van der Waals surface area contributed by atoms with Crippen LogP contribution in [0.2, 0.25) is 10.0 Å². The molecule has 4 amide bonds. The number of barbiturate groups is 1. The Hall–Kier alpha value is -2.93. The van der Waals surface area contributed by atoms with Crippen molar-refractivity contribution in [3.8, 4) is 0 Å². The van der Waals surface area contributed by atoms with Crippen molar-refractivity contribution in [2.45, 2.75) is 20.3 Å². The number of halogens is 3. The largest absolute Gasteiger partial charge is 0.335 e. The van der Waals surface area contributed by atoms with Gasteiger partial charge in [-0.15, -0.1) is 0 Å². The summed E-state index contributed by atoms with van der Waals surface area (Å²) in [5, 5.41) is 2.70. The fraction of sp³-hybridized carbons (Fsp3) is 0.115. The number of urea groups is 1. The van der Waals surface area contributed by atoms with Crippen LogP contribution in [0, 0.1) is 13.8 Å². The number of aryl methyl sites for hydroxylation is 2. The second kappa shape index (κ2) is 9.74. The molecule has 1 aliphatic heterocycles. The van der Waals surface area contributed by atoms with Crippen LogP contribution < -0.4 is 10.2 Å². The zero-order valence-electron chi connectivity index (χ0n) is 18.3. The molecule has 1 fully saturated rings. The molecule has 0 saturated carbocycles. The summed E-state index contributed by atoms with van der Waals surface area (Å²) < 4.78 is 0.796. The summed E-state index contributed by atoms with van der Waals surface area (Å²) >= 11 is 15.5. The summed E-state index contributed by atoms with van der Waals surface area (Å²) in [6, 6.07) is 15.5. The summed E-state index contributed by atoms with van der Waals surface area (Å²) in [5.41, 5.74) is 5.10. The maximum absolute atomic E-state index is 13.3. The molecule has 0 unspecified atom stereocenters. The van der Waals surface area contributed by atoms with Gasteiger partial charge in [0, 0.05) is 4.47 Å². The van der Waals surface area contributed by atoms with Gasteiger partial charge in [-0.25, -0.2) is 9.69 Å². The van der Waals surface area contributed by atoms with E-state index in [1.807, 2.05) is 32.0 Å². The molecule has 34 heavy (non-hydrogen) atoms. The summed E-state index contributed by atoms with van der Waals surface area (Å²) in [7, 11) is 0. The highest BCUT2D eigenvalue weighted by Gasteiger charge is 2.37. The first-order chi connectivity index (χ1) is 16.1. The zero-order chi connectivity index (χ0) is 24.6. The third-order valence-corrected chi connectivity index (χ3v) is 6.58. The number of hydrogen-bond donors (Lipinski definition) is 1. The number of anilines is 1. The molecule has 5 nitrogen and oxygen atoms in total. The van der Waals surface area contributed by atoms with E-state index in [9.17, 15) is 14.4 Å². The van der Waals surface area contributed by atoms with Crippen LogP contribution in [0.3, 0.4) is 0 Å². The van der Waals surface area contributed by atoms with Crippen LogP contribution in [-0.2, 0) is 16.0 Å². The summed E-state index contributed by atoms with van der Waals surface area (Å²) in [6.45, 7) is 4.08. The molecular weight excluding hydrogens is 539 g/mol. The molecule has 3 aromatic carbocycles. The molecule has 172 valence electrons. The van der Waals surface area contributed by atoms with Crippen molar-refractivity contribution in [3.63, 3.8) is 0 Å². The Morgan fingerprint density at radius 2 is 1.62 bits per heavy atom. The van der Waals surface area contributed by atoms with Crippen LogP contribution in [0.4, 0.5) is 10.5 Å². The van der Waals surface area contributed by atoms with Gasteiger partial charge in [0.05, 0.1) is 15.7 Å². The first-order valence-electron chi connectivity index (χ1n) is 10.3. The maximum atomic E-state index is 13.3. The molecule has 0 aliphatic carbocycles. The minimum atomic E-state index is -0.852. The molecule has 0 bridgehead atoms. The molecule has 1 heterocycles. The minimum Gasteiger partial charge on any atom is -0.273 e. The Kier molecular flexibility index (Phi) is 6.94. The van der Waals surface area contributed by atoms with Gasteiger partial charge in [-0.2, -0.15) is 0 Å². The molecule has 0 radical (unpaired) electrons. The Bertz CT molecular complexity index is 1360. The third kappa shape index (κ3) is 5.09. The van der Waals surface area contributed by atoms with E-state index in [0.29, 0.717) is 12.0 Å². The lowest BCUT2D eigenvalue weighted by Crippen LogP contribution is -2.54. The first-order valence-corrected chi connectivity index (χ1v) is 11.9. The molecular formula is C26H19BrCl2N2O3. The highest BCUT2D eigenvalue weighted by molar-refractivity contribution is 9.10. The Balaban J connectivity index is 1.75. The lowest BCUT2D eigenvalue weighted by Gasteiger charge is -2.26. The number of nitrogens with one attached hydrogen (secondary N) is 1. The van der Waals surface area contributed by atoms with E-state index in [1.54, 1.807) is 0 Å². The van der Waals surface area contributed by atoms with Gasteiger partial charge in [0.1, 0.15) is 5.57 Å². The Labute approximate surface area is 215 Å². The van der Waals surface area contributed by atoms with E-state index < -0.39 is 17.8 Å². The first kappa shape index (κ1) is 24.2. The number of hydrogen-bond acceptors (Lipinski definition) is 3. The van der Waals surface area contributed by atoms with Crippen LogP contribution in [0.1, 0.15) is 27.8 Å². The van der Waals surface area contributed by atoms with Crippen molar-refractivity contribution in [2.24, 2.45) is 0 Å². The fourth-order valence-electron chi connectivity index (χ4n) is 3.92. The van der Waals surface area contributed by atoms with Gasteiger partial charge in [0.15, 0.2) is 0 Å². The molecule has 0 aromatic heterocycles. The van der Waals surface area contributed by atoms with Crippen molar-refractivity contribution in [1.82, 2.24) is 5.32 Å². The molecule has 0 spiro atoms. The monoisotopic (exact) mass is 556 g/mol. The highest BCUT2D eigenvalue weighted by atomic mass is 79.9. The van der Waals surface area contributed by atoms with E-state index >= 15 is 0 Å². The van der Waals surface area contributed by atoms with Crippen LogP contribution in [0.15, 0.2) is 64.6 Å². The molecule has 0 atom stereocenters. The van der Waals surface area contributed by atoms with Crippen LogP contribution in [0.25, 0.3) is 6.08 Å². The molecule has 3 aromatic rings. The topological polar surface area (TPSA) is 66.5 Å². The quantitative estimate of drug-likeness (QED) is 0.289. The summed E-state index contributed by atoms with van der Waals surface area (Å²) in [6.07, 6.45) is 2.12. The fourth-order valence-corrected chi connectivity index (χ4v) is 4.59. The molecule has 4 rings (SSSR count). The molecule has 1 saturated heterocycles. The Morgan fingerprint density at radius 1 is 0.912 bits per heavy atom. The van der Waals surface area contributed by atoms with E-state index in [-0.39, 0.29) is 21.3 Å². The van der Waals surface area contributed by atoms with Crippen LogP contribution in [-0.4, -0.2) is 17.8 Å². The van der Waals surface area contributed by atoms with Crippen molar-refractivity contribution in [3.05, 3.63) is 103 Å². The van der Waals surface area contributed by atoms with Gasteiger partial charge in [-0.05, 0) is 73.4 Å². The summed E-state index contributed by atoms with van der Waals surface area (Å²) in [4.78, 5) is 39.3. The van der Waals surface area contributed by atoms with Gasteiger partial charge in [-0.1, -0.05) is 74.5 Å². The maximum Gasteiger partial charge on any atom is 0.335 e. The van der Waals surface area contributed by atoms with E-state index in [2.05, 4.69) is 39.4 Å².